The number of hydrogen-bond donors (Lipinski definition) is 3. The number of ether oxygens (including phenoxy) is 1. The molecule has 29 heavy (non-hydrogen) atoms. The molecule has 0 spiro atoms. The van der Waals surface area contributed by atoms with Crippen molar-refractivity contribution in [2.75, 3.05) is 33.9 Å². The minimum Gasteiger partial charge on any atom is -0.383 e. The minimum absolute atomic E-state index is 0.0202. The van der Waals surface area contributed by atoms with Crippen molar-refractivity contribution in [3.05, 3.63) is 52.2 Å². The van der Waals surface area contributed by atoms with Gasteiger partial charge in [-0.1, -0.05) is 32.0 Å². The normalized spacial score (nSPS) is 12.8. The Bertz CT molecular complexity index is 894. The van der Waals surface area contributed by atoms with Crippen molar-refractivity contribution in [3.63, 3.8) is 0 Å². The van der Waals surface area contributed by atoms with Gasteiger partial charge in [0.25, 0.3) is 0 Å². The molecular weight excluding hydrogens is 408 g/mol. The van der Waals surface area contributed by atoms with E-state index < -0.39 is 10.0 Å². The Morgan fingerprint density at radius 1 is 1.21 bits per heavy atom. The van der Waals surface area contributed by atoms with Gasteiger partial charge in [0, 0.05) is 44.1 Å². The molecule has 0 saturated heterocycles. The summed E-state index contributed by atoms with van der Waals surface area (Å²) in [5, 5.41) is 8.67. The molecule has 0 aliphatic carbocycles. The van der Waals surface area contributed by atoms with Crippen molar-refractivity contribution >= 4 is 27.3 Å². The number of guanidine groups is 1. The van der Waals surface area contributed by atoms with Crippen LogP contribution in [0.3, 0.4) is 0 Å². The van der Waals surface area contributed by atoms with Crippen LogP contribution in [0.5, 0.6) is 0 Å². The van der Waals surface area contributed by atoms with E-state index in [2.05, 4.69) is 51.7 Å². The van der Waals surface area contributed by atoms with E-state index in [1.165, 1.54) is 12.0 Å². The SMILES string of the molecule is CN=C(NCc1cccc(S(=O)(=O)NCCOC)c1)NCC(C)(C)c1cccs1. The zero-order valence-electron chi connectivity index (χ0n) is 17.4. The number of methoxy groups -OCH3 is 1. The summed E-state index contributed by atoms with van der Waals surface area (Å²) in [4.78, 5) is 5.80. The molecule has 0 atom stereocenters. The summed E-state index contributed by atoms with van der Waals surface area (Å²) in [6, 6.07) is 11.0. The highest BCUT2D eigenvalue weighted by molar-refractivity contribution is 7.89. The molecule has 0 radical (unpaired) electrons. The van der Waals surface area contributed by atoms with Gasteiger partial charge in [-0.05, 0) is 29.1 Å². The number of aliphatic imine (C=N–C) groups is 1. The zero-order chi connectivity index (χ0) is 21.3. The van der Waals surface area contributed by atoms with Gasteiger partial charge in [0.2, 0.25) is 10.0 Å². The lowest BCUT2D eigenvalue weighted by atomic mass is 9.91. The van der Waals surface area contributed by atoms with E-state index in [0.717, 1.165) is 12.1 Å². The van der Waals surface area contributed by atoms with Gasteiger partial charge in [0.1, 0.15) is 0 Å². The highest BCUT2D eigenvalue weighted by Crippen LogP contribution is 2.26. The fraction of sp³-hybridized carbons (Fsp3) is 0.450. The third-order valence-corrected chi connectivity index (χ3v) is 7.07. The van der Waals surface area contributed by atoms with Crippen LogP contribution in [0, 0.1) is 0 Å². The van der Waals surface area contributed by atoms with Crippen LogP contribution in [-0.2, 0) is 26.7 Å². The molecule has 9 heteroatoms. The lowest BCUT2D eigenvalue weighted by Crippen LogP contribution is -2.42. The zero-order valence-corrected chi connectivity index (χ0v) is 19.0. The van der Waals surface area contributed by atoms with Gasteiger partial charge in [0.15, 0.2) is 5.96 Å². The Balaban J connectivity index is 1.94. The molecule has 0 aliphatic rings. The minimum atomic E-state index is -3.56. The van der Waals surface area contributed by atoms with Crippen LogP contribution in [0.1, 0.15) is 24.3 Å². The third kappa shape index (κ3) is 7.11. The van der Waals surface area contributed by atoms with Crippen LogP contribution in [0.15, 0.2) is 51.7 Å². The lowest BCUT2D eigenvalue weighted by molar-refractivity contribution is 0.204. The summed E-state index contributed by atoms with van der Waals surface area (Å²) in [5.74, 6) is 0.668. The molecule has 1 aromatic heterocycles. The van der Waals surface area contributed by atoms with Crippen LogP contribution in [-0.4, -0.2) is 48.2 Å². The van der Waals surface area contributed by atoms with Crippen molar-refractivity contribution in [3.8, 4) is 0 Å². The number of rotatable bonds is 10. The van der Waals surface area contributed by atoms with Gasteiger partial charge in [-0.25, -0.2) is 13.1 Å². The second-order valence-corrected chi connectivity index (χ2v) is 9.89. The van der Waals surface area contributed by atoms with E-state index >= 15 is 0 Å². The van der Waals surface area contributed by atoms with Crippen molar-refractivity contribution in [2.45, 2.75) is 30.7 Å². The average Bonchev–Trinajstić information content (AvgIpc) is 3.24. The van der Waals surface area contributed by atoms with E-state index in [0.29, 0.717) is 19.1 Å². The van der Waals surface area contributed by atoms with Crippen molar-refractivity contribution in [2.24, 2.45) is 4.99 Å². The Hall–Kier alpha value is -1.94. The molecule has 3 N–H and O–H groups in total. The maximum Gasteiger partial charge on any atom is 0.240 e. The third-order valence-electron chi connectivity index (χ3n) is 4.38. The first-order valence-electron chi connectivity index (χ1n) is 9.34. The number of benzene rings is 1. The molecule has 0 fully saturated rings. The molecule has 1 heterocycles. The summed E-state index contributed by atoms with van der Waals surface area (Å²) >= 11 is 1.74. The average molecular weight is 439 g/mol. The number of nitrogens with zero attached hydrogens (tertiary/aromatic N) is 1. The number of thiophene rings is 1. The van der Waals surface area contributed by atoms with E-state index in [1.54, 1.807) is 36.6 Å². The predicted octanol–water partition coefficient (Wildman–Crippen LogP) is 2.32. The summed E-state index contributed by atoms with van der Waals surface area (Å²) in [6.07, 6.45) is 0. The predicted molar refractivity (Wildman–Crippen MR) is 119 cm³/mol. The van der Waals surface area contributed by atoms with Gasteiger partial charge in [0.05, 0.1) is 11.5 Å². The van der Waals surface area contributed by atoms with E-state index in [1.807, 2.05) is 6.07 Å². The fourth-order valence-corrected chi connectivity index (χ4v) is 4.58. The van der Waals surface area contributed by atoms with Crippen LogP contribution < -0.4 is 15.4 Å². The topological polar surface area (TPSA) is 91.8 Å². The first-order valence-corrected chi connectivity index (χ1v) is 11.7. The maximum absolute atomic E-state index is 12.4. The molecule has 0 aliphatic heterocycles. The quantitative estimate of drug-likeness (QED) is 0.301. The van der Waals surface area contributed by atoms with Crippen molar-refractivity contribution in [1.82, 2.24) is 15.4 Å². The van der Waals surface area contributed by atoms with Crippen molar-refractivity contribution < 1.29 is 13.2 Å². The Morgan fingerprint density at radius 2 is 2.00 bits per heavy atom. The van der Waals surface area contributed by atoms with E-state index in [4.69, 9.17) is 4.74 Å². The van der Waals surface area contributed by atoms with Crippen LogP contribution in [0.4, 0.5) is 0 Å². The molecule has 160 valence electrons. The number of hydrogen-bond acceptors (Lipinski definition) is 5. The molecule has 1 aromatic carbocycles. The Kier molecular flexibility index (Phi) is 8.63. The Morgan fingerprint density at radius 3 is 2.66 bits per heavy atom. The molecule has 2 rings (SSSR count). The summed E-state index contributed by atoms with van der Waals surface area (Å²) in [5.41, 5.74) is 0.827. The fourth-order valence-electron chi connectivity index (χ4n) is 2.65. The monoisotopic (exact) mass is 438 g/mol. The van der Waals surface area contributed by atoms with Crippen LogP contribution >= 0.6 is 11.3 Å². The number of nitrogens with one attached hydrogen (secondary N) is 3. The molecule has 2 aromatic rings. The second kappa shape index (κ2) is 10.7. The van der Waals surface area contributed by atoms with Gasteiger partial charge in [-0.3, -0.25) is 4.99 Å². The van der Waals surface area contributed by atoms with Crippen LogP contribution in [0.2, 0.25) is 0 Å². The second-order valence-electron chi connectivity index (χ2n) is 7.18. The van der Waals surface area contributed by atoms with E-state index in [9.17, 15) is 8.42 Å². The van der Waals surface area contributed by atoms with Crippen LogP contribution in [0.25, 0.3) is 0 Å². The van der Waals surface area contributed by atoms with Gasteiger partial charge in [-0.2, -0.15) is 0 Å². The molecule has 0 amide bonds. The largest absolute Gasteiger partial charge is 0.383 e. The maximum atomic E-state index is 12.4. The van der Waals surface area contributed by atoms with Crippen molar-refractivity contribution in [1.29, 1.82) is 0 Å². The lowest BCUT2D eigenvalue weighted by Gasteiger charge is -2.25. The molecular formula is C20H30N4O3S2. The molecule has 0 bridgehead atoms. The summed E-state index contributed by atoms with van der Waals surface area (Å²) in [7, 11) is -0.309. The highest BCUT2D eigenvalue weighted by Gasteiger charge is 2.22. The van der Waals surface area contributed by atoms with Gasteiger partial charge < -0.3 is 15.4 Å². The standard InChI is InChI=1S/C20H30N4O3S2/c1-20(2,18-9-6-12-28-18)15-23-19(21-3)22-14-16-7-5-8-17(13-16)29(25,26)24-10-11-27-4/h5-9,12-13,24H,10-11,14-15H2,1-4H3,(H2,21,22,23). The molecule has 7 nitrogen and oxygen atoms in total. The van der Waals surface area contributed by atoms with Gasteiger partial charge >= 0.3 is 0 Å². The first-order chi connectivity index (χ1) is 13.8. The Labute approximate surface area is 177 Å². The first kappa shape index (κ1) is 23.3. The molecule has 0 unspecified atom stereocenters. The molecule has 0 saturated carbocycles. The highest BCUT2D eigenvalue weighted by atomic mass is 32.2. The number of sulfonamides is 1. The summed E-state index contributed by atoms with van der Waals surface area (Å²) in [6.45, 7) is 6.11. The van der Waals surface area contributed by atoms with E-state index in [-0.39, 0.29) is 16.9 Å². The van der Waals surface area contributed by atoms with Gasteiger partial charge in [-0.15, -0.1) is 11.3 Å². The smallest absolute Gasteiger partial charge is 0.240 e. The summed E-state index contributed by atoms with van der Waals surface area (Å²) < 4.78 is 32.1.